The molecular weight excluding hydrogens is 521 g/mol. The summed E-state index contributed by atoms with van der Waals surface area (Å²) in [6, 6.07) is 15.8. The van der Waals surface area contributed by atoms with Crippen molar-refractivity contribution in [2.24, 2.45) is 0 Å². The number of halogens is 3. The zero-order valence-electron chi connectivity index (χ0n) is 11.5. The molecule has 0 atom stereocenters. The van der Waals surface area contributed by atoms with Crippen LogP contribution in [0.25, 0.3) is 10.8 Å². The third-order valence-corrected chi connectivity index (χ3v) is 4.12. The number of pyridine rings is 1. The van der Waals surface area contributed by atoms with Crippen LogP contribution < -0.4 is 28.5 Å². The van der Waals surface area contributed by atoms with E-state index in [-0.39, 0.29) is 29.8 Å². The van der Waals surface area contributed by atoms with E-state index in [0.29, 0.717) is 6.54 Å². The SMILES string of the molecule is O=C(C[n+]1cc(Br)cc(Br)c1)c1ccc2ccccc2c1.[I-]. The van der Waals surface area contributed by atoms with Gasteiger partial charge in [-0.3, -0.25) is 4.79 Å². The summed E-state index contributed by atoms with van der Waals surface area (Å²) in [7, 11) is 0. The normalized spacial score (nSPS) is 10.3. The highest BCUT2D eigenvalue weighted by molar-refractivity contribution is 9.11. The maximum absolute atomic E-state index is 12.4. The minimum atomic E-state index is 0. The average molecular weight is 533 g/mol. The monoisotopic (exact) mass is 531 g/mol. The van der Waals surface area contributed by atoms with Crippen molar-refractivity contribution in [1.82, 2.24) is 0 Å². The van der Waals surface area contributed by atoms with Crippen molar-refractivity contribution >= 4 is 48.4 Å². The van der Waals surface area contributed by atoms with Gasteiger partial charge >= 0.3 is 0 Å². The number of rotatable bonds is 3. The summed E-state index contributed by atoms with van der Waals surface area (Å²) < 4.78 is 3.73. The van der Waals surface area contributed by atoms with Gasteiger partial charge in [-0.15, -0.1) is 0 Å². The van der Waals surface area contributed by atoms with Crippen LogP contribution in [0.4, 0.5) is 0 Å². The number of nitrogens with zero attached hydrogens (tertiary/aromatic N) is 1. The first kappa shape index (κ1) is 17.6. The average Bonchev–Trinajstić information content (AvgIpc) is 2.45. The maximum Gasteiger partial charge on any atom is 0.227 e. The van der Waals surface area contributed by atoms with E-state index in [1.807, 2.05) is 65.5 Å². The van der Waals surface area contributed by atoms with Gasteiger partial charge in [0.15, 0.2) is 12.4 Å². The maximum atomic E-state index is 12.4. The molecule has 0 saturated heterocycles. The summed E-state index contributed by atoms with van der Waals surface area (Å²) in [4.78, 5) is 12.4. The van der Waals surface area contributed by atoms with Gasteiger partial charge in [0.2, 0.25) is 12.3 Å². The number of hydrogen-bond acceptors (Lipinski definition) is 1. The first-order chi connectivity index (χ1) is 10.1. The molecule has 3 aromatic rings. The topological polar surface area (TPSA) is 20.9 Å². The Labute approximate surface area is 162 Å². The standard InChI is InChI=1S/C17H12Br2NO.HI/c18-15-8-16(19)10-20(9-15)11-17(21)14-6-5-12-3-1-2-4-13(12)7-14;/h1-10H,11H2;1H/q+1;/p-1. The lowest BCUT2D eigenvalue weighted by Crippen LogP contribution is -3.00. The summed E-state index contributed by atoms with van der Waals surface area (Å²) in [5.41, 5.74) is 0.734. The van der Waals surface area contributed by atoms with Crippen molar-refractivity contribution in [2.75, 3.05) is 0 Å². The highest BCUT2D eigenvalue weighted by Crippen LogP contribution is 2.17. The van der Waals surface area contributed by atoms with Gasteiger partial charge < -0.3 is 24.0 Å². The Balaban J connectivity index is 0.00000176. The van der Waals surface area contributed by atoms with E-state index in [2.05, 4.69) is 31.9 Å². The van der Waals surface area contributed by atoms with Gasteiger partial charge in [0.05, 0.1) is 8.95 Å². The van der Waals surface area contributed by atoms with Crippen LogP contribution in [-0.2, 0) is 6.54 Å². The van der Waals surface area contributed by atoms with Gasteiger partial charge in [-0.1, -0.05) is 36.4 Å². The van der Waals surface area contributed by atoms with Gasteiger partial charge in [-0.25, -0.2) is 0 Å². The molecular formula is C17H12Br2INO. The molecule has 3 rings (SSSR count). The molecule has 0 aliphatic rings. The zero-order valence-corrected chi connectivity index (χ0v) is 16.8. The van der Waals surface area contributed by atoms with E-state index in [0.717, 1.165) is 25.3 Å². The Bertz CT molecular complexity index is 816. The predicted octanol–water partition coefficient (Wildman–Crippen LogP) is 1.54. The number of Topliss-reactive ketones (excluding diaryl/α,β-unsaturated/α-hetero) is 1. The molecule has 0 N–H and O–H groups in total. The van der Waals surface area contributed by atoms with E-state index < -0.39 is 0 Å². The predicted molar refractivity (Wildman–Crippen MR) is 90.3 cm³/mol. The van der Waals surface area contributed by atoms with Crippen LogP contribution in [0.15, 0.2) is 69.9 Å². The molecule has 1 aromatic heterocycles. The Kier molecular flexibility index (Phi) is 6.11. The number of carbonyl (C=O) groups excluding carboxylic acids is 1. The van der Waals surface area contributed by atoms with Gasteiger partial charge in [0.25, 0.3) is 0 Å². The summed E-state index contributed by atoms with van der Waals surface area (Å²) >= 11 is 6.86. The molecule has 2 aromatic carbocycles. The van der Waals surface area contributed by atoms with E-state index in [1.54, 1.807) is 0 Å². The van der Waals surface area contributed by atoms with Crippen molar-refractivity contribution in [3.63, 3.8) is 0 Å². The lowest BCUT2D eigenvalue weighted by Gasteiger charge is -2.02. The second-order valence-corrected chi connectivity index (χ2v) is 6.66. The lowest BCUT2D eigenvalue weighted by molar-refractivity contribution is -0.684. The highest BCUT2D eigenvalue weighted by Gasteiger charge is 2.14. The molecule has 0 aliphatic heterocycles. The lowest BCUT2D eigenvalue weighted by atomic mass is 10.0. The van der Waals surface area contributed by atoms with E-state index in [9.17, 15) is 4.79 Å². The van der Waals surface area contributed by atoms with Crippen molar-refractivity contribution in [1.29, 1.82) is 0 Å². The Morgan fingerprint density at radius 3 is 2.23 bits per heavy atom. The fourth-order valence-corrected chi connectivity index (χ4v) is 3.60. The fourth-order valence-electron chi connectivity index (χ4n) is 2.27. The third kappa shape index (κ3) is 4.14. The molecule has 22 heavy (non-hydrogen) atoms. The summed E-state index contributed by atoms with van der Waals surface area (Å²) in [6.45, 7) is 0.316. The largest absolute Gasteiger partial charge is 1.00 e. The molecule has 112 valence electrons. The molecule has 0 fully saturated rings. The minimum absolute atomic E-state index is 0. The highest BCUT2D eigenvalue weighted by atomic mass is 127. The molecule has 2 nitrogen and oxygen atoms in total. The quantitative estimate of drug-likeness (QED) is 0.285. The van der Waals surface area contributed by atoms with Crippen LogP contribution in [0.3, 0.4) is 0 Å². The summed E-state index contributed by atoms with van der Waals surface area (Å²) in [6.07, 6.45) is 3.79. The van der Waals surface area contributed by atoms with Crippen molar-refractivity contribution in [3.8, 4) is 0 Å². The molecule has 0 unspecified atom stereocenters. The second kappa shape index (κ2) is 7.66. The number of ketones is 1. The molecule has 0 spiro atoms. The molecule has 5 heteroatoms. The van der Waals surface area contributed by atoms with Crippen molar-refractivity contribution < 1.29 is 33.3 Å². The third-order valence-electron chi connectivity index (χ3n) is 3.25. The molecule has 0 bridgehead atoms. The Hall–Kier alpha value is -0.790. The van der Waals surface area contributed by atoms with Crippen LogP contribution in [0.2, 0.25) is 0 Å². The van der Waals surface area contributed by atoms with Gasteiger partial charge in [-0.05, 0) is 54.8 Å². The number of carbonyl (C=O) groups is 1. The van der Waals surface area contributed by atoms with Crippen LogP contribution in [0.1, 0.15) is 10.4 Å². The van der Waals surface area contributed by atoms with Crippen LogP contribution in [-0.4, -0.2) is 5.78 Å². The molecule has 0 radical (unpaired) electrons. The van der Waals surface area contributed by atoms with Gasteiger partial charge in [-0.2, -0.15) is 4.57 Å². The number of aromatic nitrogens is 1. The van der Waals surface area contributed by atoms with Crippen LogP contribution >= 0.6 is 31.9 Å². The van der Waals surface area contributed by atoms with Gasteiger partial charge in [0.1, 0.15) is 0 Å². The Morgan fingerprint density at radius 1 is 0.909 bits per heavy atom. The zero-order chi connectivity index (χ0) is 14.8. The van der Waals surface area contributed by atoms with Crippen LogP contribution in [0, 0.1) is 0 Å². The number of hydrogen-bond donors (Lipinski definition) is 0. The molecule has 0 amide bonds. The van der Waals surface area contributed by atoms with Crippen molar-refractivity contribution in [2.45, 2.75) is 6.54 Å². The first-order valence-electron chi connectivity index (χ1n) is 6.49. The molecule has 0 saturated carbocycles. The minimum Gasteiger partial charge on any atom is -1.00 e. The van der Waals surface area contributed by atoms with Crippen LogP contribution in [0.5, 0.6) is 0 Å². The van der Waals surface area contributed by atoms with E-state index in [4.69, 9.17) is 0 Å². The number of benzene rings is 2. The van der Waals surface area contributed by atoms with E-state index >= 15 is 0 Å². The van der Waals surface area contributed by atoms with Gasteiger partial charge in [0, 0.05) is 5.56 Å². The Morgan fingerprint density at radius 2 is 1.55 bits per heavy atom. The number of fused-ring (bicyclic) bond motifs is 1. The van der Waals surface area contributed by atoms with E-state index in [1.165, 1.54) is 0 Å². The molecule has 0 aliphatic carbocycles. The smallest absolute Gasteiger partial charge is 0.227 e. The summed E-state index contributed by atoms with van der Waals surface area (Å²) in [5.74, 6) is 0.0933. The molecule has 1 heterocycles. The summed E-state index contributed by atoms with van der Waals surface area (Å²) in [5, 5.41) is 2.23. The first-order valence-corrected chi connectivity index (χ1v) is 8.07. The fraction of sp³-hybridized carbons (Fsp3) is 0.0588. The second-order valence-electron chi connectivity index (χ2n) is 4.83. The van der Waals surface area contributed by atoms with Crippen molar-refractivity contribution in [3.05, 3.63) is 75.4 Å².